The molecule has 112 valence electrons. The number of ether oxygens (including phenoxy) is 1. The van der Waals surface area contributed by atoms with Gasteiger partial charge < -0.3 is 9.84 Å². The zero-order valence-corrected chi connectivity index (χ0v) is 13.1. The second-order valence-corrected chi connectivity index (χ2v) is 8.08. The van der Waals surface area contributed by atoms with E-state index in [-0.39, 0.29) is 35.1 Å². The van der Waals surface area contributed by atoms with Crippen LogP contribution in [0.2, 0.25) is 0 Å². The third-order valence-electron chi connectivity index (χ3n) is 3.09. The summed E-state index contributed by atoms with van der Waals surface area (Å²) >= 11 is 0.978. The first-order valence-electron chi connectivity index (χ1n) is 6.21. The zero-order chi connectivity index (χ0) is 15.1. The van der Waals surface area contributed by atoms with E-state index in [2.05, 4.69) is 0 Å². The number of hydrogen-bond acceptors (Lipinski definition) is 5. The third kappa shape index (κ3) is 2.88. The van der Waals surface area contributed by atoms with E-state index in [0.717, 1.165) is 11.3 Å². The summed E-state index contributed by atoms with van der Waals surface area (Å²) in [4.78, 5) is 11.6. The molecule has 1 aromatic heterocycles. The first-order chi connectivity index (χ1) is 9.21. The number of carbonyl (C=O) groups is 1. The number of thiophene rings is 1. The summed E-state index contributed by atoms with van der Waals surface area (Å²) in [6.07, 6.45) is -0.349. The summed E-state index contributed by atoms with van der Waals surface area (Å²) in [6, 6.07) is 1.24. The van der Waals surface area contributed by atoms with Crippen molar-refractivity contribution in [2.75, 3.05) is 13.1 Å². The Kier molecular flexibility index (Phi) is 4.19. The van der Waals surface area contributed by atoms with Crippen LogP contribution >= 0.6 is 11.3 Å². The van der Waals surface area contributed by atoms with Gasteiger partial charge in [0.05, 0.1) is 17.1 Å². The van der Waals surface area contributed by atoms with Gasteiger partial charge in [-0.3, -0.25) is 0 Å². The van der Waals surface area contributed by atoms with Gasteiger partial charge in [-0.1, -0.05) is 0 Å². The maximum Gasteiger partial charge on any atom is 0.345 e. The predicted molar refractivity (Wildman–Crippen MR) is 74.8 cm³/mol. The van der Waals surface area contributed by atoms with E-state index in [1.807, 2.05) is 13.8 Å². The number of carboxylic acid groups (broad SMARTS) is 1. The molecule has 0 spiro atoms. The van der Waals surface area contributed by atoms with Gasteiger partial charge >= 0.3 is 5.97 Å². The van der Waals surface area contributed by atoms with Crippen molar-refractivity contribution in [2.45, 2.75) is 37.9 Å². The van der Waals surface area contributed by atoms with Gasteiger partial charge in [0.15, 0.2) is 0 Å². The number of rotatable bonds is 3. The summed E-state index contributed by atoms with van der Waals surface area (Å²) in [5.74, 6) is -1.11. The van der Waals surface area contributed by atoms with E-state index in [1.165, 1.54) is 10.4 Å². The van der Waals surface area contributed by atoms with Crippen molar-refractivity contribution in [3.8, 4) is 0 Å². The van der Waals surface area contributed by atoms with Crippen LogP contribution in [-0.2, 0) is 14.8 Å². The van der Waals surface area contributed by atoms with Crippen LogP contribution in [0.1, 0.15) is 28.4 Å². The van der Waals surface area contributed by atoms with Gasteiger partial charge in [0, 0.05) is 18.0 Å². The number of aryl methyl sites for hydroxylation is 1. The Bertz CT molecular complexity index is 612. The van der Waals surface area contributed by atoms with E-state index in [0.29, 0.717) is 4.88 Å². The number of morpholine rings is 1. The molecule has 0 aromatic carbocycles. The van der Waals surface area contributed by atoms with Gasteiger partial charge in [0.25, 0.3) is 0 Å². The fraction of sp³-hybridized carbons (Fsp3) is 0.583. The SMILES string of the molecule is Cc1sc(C(=O)O)cc1S(=O)(=O)N1CC(C)OC(C)C1. The first-order valence-corrected chi connectivity index (χ1v) is 8.46. The molecule has 2 rings (SSSR count). The Balaban J connectivity index is 2.37. The molecule has 2 heterocycles. The van der Waals surface area contributed by atoms with Crippen LogP contribution in [0.3, 0.4) is 0 Å². The van der Waals surface area contributed by atoms with E-state index in [4.69, 9.17) is 9.84 Å². The van der Waals surface area contributed by atoms with Gasteiger partial charge in [-0.05, 0) is 26.8 Å². The molecular weight excluding hydrogens is 302 g/mol. The number of aromatic carboxylic acids is 1. The molecule has 1 saturated heterocycles. The fourth-order valence-electron chi connectivity index (χ4n) is 2.29. The van der Waals surface area contributed by atoms with Gasteiger partial charge in [-0.2, -0.15) is 4.31 Å². The lowest BCUT2D eigenvalue weighted by Crippen LogP contribution is -2.48. The molecule has 2 atom stereocenters. The highest BCUT2D eigenvalue weighted by atomic mass is 32.2. The highest BCUT2D eigenvalue weighted by Gasteiger charge is 2.34. The smallest absolute Gasteiger partial charge is 0.345 e. The van der Waals surface area contributed by atoms with Crippen LogP contribution in [0.5, 0.6) is 0 Å². The van der Waals surface area contributed by atoms with E-state index < -0.39 is 16.0 Å². The lowest BCUT2D eigenvalue weighted by Gasteiger charge is -2.34. The molecule has 0 radical (unpaired) electrons. The van der Waals surface area contributed by atoms with Crippen molar-refractivity contribution >= 4 is 27.3 Å². The molecule has 6 nitrogen and oxygen atoms in total. The minimum absolute atomic E-state index is 0.0374. The van der Waals surface area contributed by atoms with Crippen molar-refractivity contribution < 1.29 is 23.1 Å². The third-order valence-corrected chi connectivity index (χ3v) is 6.21. The van der Waals surface area contributed by atoms with Crippen LogP contribution < -0.4 is 0 Å². The molecule has 8 heteroatoms. The van der Waals surface area contributed by atoms with E-state index >= 15 is 0 Å². The van der Waals surface area contributed by atoms with Gasteiger partial charge in [0.1, 0.15) is 4.88 Å². The van der Waals surface area contributed by atoms with Crippen molar-refractivity contribution in [3.05, 3.63) is 15.8 Å². The fourth-order valence-corrected chi connectivity index (χ4v) is 5.28. The number of nitrogens with zero attached hydrogens (tertiary/aromatic N) is 1. The maximum absolute atomic E-state index is 12.6. The lowest BCUT2D eigenvalue weighted by molar-refractivity contribution is -0.0440. The van der Waals surface area contributed by atoms with Gasteiger partial charge in [-0.15, -0.1) is 11.3 Å². The Labute approximate surface area is 122 Å². The molecule has 2 unspecified atom stereocenters. The second kappa shape index (κ2) is 5.44. The molecule has 1 aromatic rings. The van der Waals surface area contributed by atoms with Crippen molar-refractivity contribution in [1.29, 1.82) is 0 Å². The van der Waals surface area contributed by atoms with Gasteiger partial charge in [0.2, 0.25) is 10.0 Å². The highest BCUT2D eigenvalue weighted by Crippen LogP contribution is 2.29. The van der Waals surface area contributed by atoms with E-state index in [9.17, 15) is 13.2 Å². The summed E-state index contributed by atoms with van der Waals surface area (Å²) in [5, 5.41) is 8.96. The molecule has 1 aliphatic heterocycles. The molecule has 1 N–H and O–H groups in total. The summed E-state index contributed by atoms with van der Waals surface area (Å²) in [7, 11) is -3.67. The number of hydrogen-bond donors (Lipinski definition) is 1. The lowest BCUT2D eigenvalue weighted by atomic mass is 10.3. The van der Waals surface area contributed by atoms with Crippen LogP contribution in [0.15, 0.2) is 11.0 Å². The average molecular weight is 319 g/mol. The van der Waals surface area contributed by atoms with Crippen LogP contribution in [0.4, 0.5) is 0 Å². The molecule has 1 fully saturated rings. The Morgan fingerprint density at radius 3 is 2.40 bits per heavy atom. The molecular formula is C12H17NO5S2. The number of sulfonamides is 1. The van der Waals surface area contributed by atoms with Crippen molar-refractivity contribution in [2.24, 2.45) is 0 Å². The Morgan fingerprint density at radius 2 is 1.95 bits per heavy atom. The first kappa shape index (κ1) is 15.4. The molecule has 1 aliphatic rings. The van der Waals surface area contributed by atoms with E-state index in [1.54, 1.807) is 6.92 Å². The van der Waals surface area contributed by atoms with Crippen molar-refractivity contribution in [1.82, 2.24) is 4.31 Å². The highest BCUT2D eigenvalue weighted by molar-refractivity contribution is 7.89. The van der Waals surface area contributed by atoms with Crippen LogP contribution in [0, 0.1) is 6.92 Å². The largest absolute Gasteiger partial charge is 0.477 e. The summed E-state index contributed by atoms with van der Waals surface area (Å²) < 4.78 is 32.1. The minimum atomic E-state index is -3.67. The monoisotopic (exact) mass is 319 g/mol. The molecule has 0 amide bonds. The zero-order valence-electron chi connectivity index (χ0n) is 11.5. The maximum atomic E-state index is 12.6. The van der Waals surface area contributed by atoms with Crippen LogP contribution in [0.25, 0.3) is 0 Å². The average Bonchev–Trinajstić information content (AvgIpc) is 2.71. The second-order valence-electron chi connectivity index (χ2n) is 4.92. The quantitative estimate of drug-likeness (QED) is 0.914. The summed E-state index contributed by atoms with van der Waals surface area (Å²) in [6.45, 7) is 5.83. The molecule has 0 saturated carbocycles. The molecule has 0 aliphatic carbocycles. The Hall–Kier alpha value is -0.960. The van der Waals surface area contributed by atoms with Crippen LogP contribution in [-0.4, -0.2) is 49.1 Å². The van der Waals surface area contributed by atoms with Crippen molar-refractivity contribution in [3.63, 3.8) is 0 Å². The Morgan fingerprint density at radius 1 is 1.40 bits per heavy atom. The van der Waals surface area contributed by atoms with Gasteiger partial charge in [-0.25, -0.2) is 13.2 Å². The number of carboxylic acids is 1. The topological polar surface area (TPSA) is 83.9 Å². The molecule has 0 bridgehead atoms. The normalized spacial score (nSPS) is 24.8. The standard InChI is InChI=1S/C12H17NO5S2/c1-7-5-13(6-8(2)18-7)20(16,17)11-4-10(12(14)15)19-9(11)3/h4,7-8H,5-6H2,1-3H3,(H,14,15). The predicted octanol–water partition coefficient (Wildman–Crippen LogP) is 1.55. The summed E-state index contributed by atoms with van der Waals surface area (Å²) in [5.41, 5.74) is 0. The molecule has 20 heavy (non-hydrogen) atoms. The minimum Gasteiger partial charge on any atom is -0.477 e.